The van der Waals surface area contributed by atoms with E-state index in [0.717, 1.165) is 28.2 Å². The highest BCUT2D eigenvalue weighted by Gasteiger charge is 2.13. The van der Waals surface area contributed by atoms with E-state index in [0.29, 0.717) is 18.7 Å². The van der Waals surface area contributed by atoms with Crippen LogP contribution in [0.15, 0.2) is 73.1 Å². The van der Waals surface area contributed by atoms with E-state index in [1.54, 1.807) is 11.1 Å². The summed E-state index contributed by atoms with van der Waals surface area (Å²) in [6.07, 6.45) is 3.66. The minimum atomic E-state index is -0.00263. The predicted octanol–water partition coefficient (Wildman–Crippen LogP) is 4.01. The first-order chi connectivity index (χ1) is 14.5. The first kappa shape index (κ1) is 19.6. The molecule has 0 aliphatic heterocycles. The van der Waals surface area contributed by atoms with Crippen LogP contribution in [0.2, 0.25) is 0 Å². The van der Waals surface area contributed by atoms with Crippen LogP contribution < -0.4 is 0 Å². The van der Waals surface area contributed by atoms with Crippen LogP contribution >= 0.6 is 0 Å². The van der Waals surface area contributed by atoms with E-state index < -0.39 is 0 Å². The molecule has 4 rings (SSSR count). The van der Waals surface area contributed by atoms with Gasteiger partial charge in [0, 0.05) is 37.2 Å². The Balaban J connectivity index is 1.43. The van der Waals surface area contributed by atoms with E-state index >= 15 is 0 Å². The number of rotatable bonds is 6. The van der Waals surface area contributed by atoms with Crippen molar-refractivity contribution in [1.29, 1.82) is 0 Å². The minimum absolute atomic E-state index is 0.00263. The predicted molar refractivity (Wildman–Crippen MR) is 117 cm³/mol. The Hall–Kier alpha value is -3.67. The molecule has 0 spiro atoms. The summed E-state index contributed by atoms with van der Waals surface area (Å²) in [7, 11) is 1.83. The van der Waals surface area contributed by atoms with E-state index in [9.17, 15) is 4.79 Å². The lowest BCUT2D eigenvalue weighted by Crippen LogP contribution is -2.26. The second-order valence-corrected chi connectivity index (χ2v) is 7.56. The summed E-state index contributed by atoms with van der Waals surface area (Å²) in [5, 5.41) is 8.76. The second-order valence-electron chi connectivity index (χ2n) is 7.56. The van der Waals surface area contributed by atoms with Crippen LogP contribution in [0, 0.1) is 13.8 Å². The fraction of sp³-hybridized carbons (Fsp3) is 0.208. The third-order valence-corrected chi connectivity index (χ3v) is 5.08. The van der Waals surface area contributed by atoms with Gasteiger partial charge in [0.2, 0.25) is 0 Å². The van der Waals surface area contributed by atoms with Gasteiger partial charge in [-0.3, -0.25) is 9.48 Å². The summed E-state index contributed by atoms with van der Waals surface area (Å²) >= 11 is 0. The van der Waals surface area contributed by atoms with Gasteiger partial charge in [-0.15, -0.1) is 0 Å². The molecule has 0 unspecified atom stereocenters. The molecular formula is C24H25N5O. The van der Waals surface area contributed by atoms with Crippen molar-refractivity contribution in [2.75, 3.05) is 7.05 Å². The number of hydrogen-bond donors (Lipinski definition) is 0. The van der Waals surface area contributed by atoms with Gasteiger partial charge >= 0.3 is 0 Å². The van der Waals surface area contributed by atoms with Crippen LogP contribution in [-0.4, -0.2) is 37.4 Å². The van der Waals surface area contributed by atoms with Crippen molar-refractivity contribution in [3.8, 4) is 5.69 Å². The Bertz CT molecular complexity index is 1140. The molecule has 6 nitrogen and oxygen atoms in total. The monoisotopic (exact) mass is 399 g/mol. The highest BCUT2D eigenvalue weighted by Crippen LogP contribution is 2.14. The Morgan fingerprint density at radius 2 is 1.80 bits per heavy atom. The van der Waals surface area contributed by atoms with Crippen LogP contribution in [-0.2, 0) is 13.1 Å². The SMILES string of the molecule is Cc1cc(C)n(Cc2ccc(C(=O)N(C)Cc3cccc(-n4cccn4)c3)cc2)n1. The zero-order valence-electron chi connectivity index (χ0n) is 17.5. The Labute approximate surface area is 176 Å². The van der Waals surface area contributed by atoms with E-state index in [4.69, 9.17) is 0 Å². The Morgan fingerprint density at radius 3 is 2.47 bits per heavy atom. The van der Waals surface area contributed by atoms with Gasteiger partial charge in [0.1, 0.15) is 0 Å². The van der Waals surface area contributed by atoms with E-state index in [2.05, 4.69) is 16.3 Å². The molecule has 0 bridgehead atoms. The van der Waals surface area contributed by atoms with Gasteiger partial charge in [0.05, 0.1) is 17.9 Å². The van der Waals surface area contributed by atoms with Gasteiger partial charge in [-0.1, -0.05) is 24.3 Å². The molecule has 6 heteroatoms. The second kappa shape index (κ2) is 8.37. The molecule has 2 heterocycles. The van der Waals surface area contributed by atoms with Crippen LogP contribution in [0.1, 0.15) is 32.9 Å². The van der Waals surface area contributed by atoms with Crippen molar-refractivity contribution in [3.63, 3.8) is 0 Å². The lowest BCUT2D eigenvalue weighted by Gasteiger charge is -2.18. The third kappa shape index (κ3) is 4.33. The lowest BCUT2D eigenvalue weighted by atomic mass is 10.1. The fourth-order valence-electron chi connectivity index (χ4n) is 3.55. The summed E-state index contributed by atoms with van der Waals surface area (Å²) in [5.74, 6) is -0.00263. The molecule has 1 amide bonds. The molecule has 0 atom stereocenters. The molecule has 152 valence electrons. The standard InChI is InChI=1S/C24H25N5O/c1-18-14-19(2)29(26-18)17-20-8-10-22(11-9-20)24(30)27(3)16-21-6-4-7-23(15-21)28-13-5-12-25-28/h4-15H,16-17H2,1-3H3. The smallest absolute Gasteiger partial charge is 0.253 e. The Kier molecular flexibility index (Phi) is 5.48. The highest BCUT2D eigenvalue weighted by atomic mass is 16.2. The molecule has 0 aliphatic rings. The van der Waals surface area contributed by atoms with Crippen LogP contribution in [0.25, 0.3) is 5.69 Å². The molecule has 0 radical (unpaired) electrons. The summed E-state index contributed by atoms with van der Waals surface area (Å²) < 4.78 is 3.79. The molecule has 4 aromatic rings. The van der Waals surface area contributed by atoms with Crippen molar-refractivity contribution in [1.82, 2.24) is 24.5 Å². The molecule has 0 aliphatic carbocycles. The Morgan fingerprint density at radius 1 is 1.00 bits per heavy atom. The minimum Gasteiger partial charge on any atom is -0.337 e. The van der Waals surface area contributed by atoms with Gasteiger partial charge in [0.25, 0.3) is 5.91 Å². The number of hydrogen-bond acceptors (Lipinski definition) is 3. The number of amides is 1. The number of carbonyl (C=O) groups is 1. The van der Waals surface area contributed by atoms with Crippen LogP contribution in [0.5, 0.6) is 0 Å². The number of aryl methyl sites for hydroxylation is 2. The van der Waals surface area contributed by atoms with E-state index in [1.165, 1.54) is 0 Å². The average Bonchev–Trinajstić information content (AvgIpc) is 3.38. The molecular weight excluding hydrogens is 374 g/mol. The van der Waals surface area contributed by atoms with Gasteiger partial charge in [-0.05, 0) is 61.4 Å². The van der Waals surface area contributed by atoms with Crippen molar-refractivity contribution in [3.05, 3.63) is 101 Å². The fourth-order valence-corrected chi connectivity index (χ4v) is 3.55. The maximum absolute atomic E-state index is 12.9. The van der Waals surface area contributed by atoms with Crippen molar-refractivity contribution < 1.29 is 4.79 Å². The number of aromatic nitrogens is 4. The first-order valence-corrected chi connectivity index (χ1v) is 9.94. The van der Waals surface area contributed by atoms with E-state index in [1.807, 2.05) is 91.1 Å². The molecule has 0 N–H and O–H groups in total. The molecule has 0 saturated carbocycles. The third-order valence-electron chi connectivity index (χ3n) is 5.08. The van der Waals surface area contributed by atoms with Gasteiger partial charge < -0.3 is 4.90 Å². The quantitative estimate of drug-likeness (QED) is 0.492. The van der Waals surface area contributed by atoms with Crippen molar-refractivity contribution in [2.24, 2.45) is 0 Å². The zero-order valence-corrected chi connectivity index (χ0v) is 17.5. The summed E-state index contributed by atoms with van der Waals surface area (Å²) in [4.78, 5) is 14.6. The zero-order chi connectivity index (χ0) is 21.1. The highest BCUT2D eigenvalue weighted by molar-refractivity contribution is 5.94. The summed E-state index contributed by atoms with van der Waals surface area (Å²) in [6.45, 7) is 5.27. The maximum Gasteiger partial charge on any atom is 0.253 e. The molecule has 30 heavy (non-hydrogen) atoms. The van der Waals surface area contributed by atoms with Gasteiger partial charge in [-0.2, -0.15) is 10.2 Å². The van der Waals surface area contributed by atoms with Crippen LogP contribution in [0.3, 0.4) is 0 Å². The largest absolute Gasteiger partial charge is 0.337 e. The molecule has 0 fully saturated rings. The lowest BCUT2D eigenvalue weighted by molar-refractivity contribution is 0.0785. The number of carbonyl (C=O) groups excluding carboxylic acids is 1. The topological polar surface area (TPSA) is 56.0 Å². The first-order valence-electron chi connectivity index (χ1n) is 9.94. The average molecular weight is 399 g/mol. The maximum atomic E-state index is 12.9. The van der Waals surface area contributed by atoms with E-state index in [-0.39, 0.29) is 5.91 Å². The molecule has 2 aromatic heterocycles. The van der Waals surface area contributed by atoms with Crippen molar-refractivity contribution >= 4 is 5.91 Å². The summed E-state index contributed by atoms with van der Waals surface area (Å²) in [5.41, 5.74) is 5.97. The molecule has 0 saturated heterocycles. The van der Waals surface area contributed by atoms with Gasteiger partial charge in [0.15, 0.2) is 0 Å². The molecule has 2 aromatic carbocycles. The van der Waals surface area contributed by atoms with Crippen molar-refractivity contribution in [2.45, 2.75) is 26.9 Å². The number of nitrogens with zero attached hydrogens (tertiary/aromatic N) is 5. The number of benzene rings is 2. The van der Waals surface area contributed by atoms with Crippen LogP contribution in [0.4, 0.5) is 0 Å². The summed E-state index contributed by atoms with van der Waals surface area (Å²) in [6, 6.07) is 19.8. The van der Waals surface area contributed by atoms with Gasteiger partial charge in [-0.25, -0.2) is 4.68 Å². The normalized spacial score (nSPS) is 10.9.